The molecule has 164 valence electrons. The minimum atomic E-state index is -3.62. The van der Waals surface area contributed by atoms with Crippen LogP contribution in [0.5, 0.6) is 5.75 Å². The molecule has 30 heavy (non-hydrogen) atoms. The van der Waals surface area contributed by atoms with E-state index in [4.69, 9.17) is 4.74 Å². The average Bonchev–Trinajstić information content (AvgIpc) is 2.70. The standard InChI is InChI=1S/C23H32N2O4S/c1-5-6-18-7-11-20(12-8-18)29-17-22(26)24-15-16-25-30(27,28)21-13-9-19(10-14-21)23(2,3)4/h7-14,25H,5-6,15-17H2,1-4H3,(H,24,26). The molecule has 0 radical (unpaired) electrons. The summed E-state index contributed by atoms with van der Waals surface area (Å²) in [6.07, 6.45) is 2.09. The molecular weight excluding hydrogens is 400 g/mol. The topological polar surface area (TPSA) is 84.5 Å². The van der Waals surface area contributed by atoms with Crippen molar-refractivity contribution >= 4 is 15.9 Å². The van der Waals surface area contributed by atoms with Gasteiger partial charge >= 0.3 is 0 Å². The van der Waals surface area contributed by atoms with E-state index in [1.165, 1.54) is 5.56 Å². The van der Waals surface area contributed by atoms with E-state index in [0.29, 0.717) is 5.75 Å². The number of nitrogens with one attached hydrogen (secondary N) is 2. The summed E-state index contributed by atoms with van der Waals surface area (Å²) in [5, 5.41) is 2.65. The van der Waals surface area contributed by atoms with Gasteiger partial charge in [-0.2, -0.15) is 0 Å². The molecule has 2 aromatic rings. The van der Waals surface area contributed by atoms with Crippen LogP contribution >= 0.6 is 0 Å². The molecule has 0 aliphatic carbocycles. The van der Waals surface area contributed by atoms with Crippen molar-refractivity contribution in [3.05, 3.63) is 59.7 Å². The fraction of sp³-hybridized carbons (Fsp3) is 0.435. The van der Waals surface area contributed by atoms with E-state index in [1.54, 1.807) is 12.1 Å². The molecule has 0 heterocycles. The first-order valence-corrected chi connectivity index (χ1v) is 11.7. The number of rotatable bonds is 10. The van der Waals surface area contributed by atoms with Gasteiger partial charge in [0.05, 0.1) is 4.90 Å². The molecule has 1 amide bonds. The van der Waals surface area contributed by atoms with Crippen LogP contribution in [0.15, 0.2) is 53.4 Å². The summed E-state index contributed by atoms with van der Waals surface area (Å²) in [5.41, 5.74) is 2.25. The number of hydrogen-bond acceptors (Lipinski definition) is 4. The maximum atomic E-state index is 12.4. The molecule has 0 aliphatic heterocycles. The average molecular weight is 433 g/mol. The highest BCUT2D eigenvalue weighted by atomic mass is 32.2. The number of carbonyl (C=O) groups excluding carboxylic acids is 1. The van der Waals surface area contributed by atoms with Gasteiger partial charge in [-0.25, -0.2) is 13.1 Å². The Morgan fingerprint density at radius 2 is 1.60 bits per heavy atom. The van der Waals surface area contributed by atoms with Gasteiger partial charge in [-0.1, -0.05) is 58.4 Å². The number of carbonyl (C=O) groups is 1. The van der Waals surface area contributed by atoms with Crippen LogP contribution < -0.4 is 14.8 Å². The Balaban J connectivity index is 1.73. The minimum Gasteiger partial charge on any atom is -0.484 e. The molecule has 7 heteroatoms. The lowest BCUT2D eigenvalue weighted by Gasteiger charge is -2.19. The predicted octanol–water partition coefficient (Wildman–Crippen LogP) is 3.41. The Hall–Kier alpha value is -2.38. The number of hydrogen-bond donors (Lipinski definition) is 2. The van der Waals surface area contributed by atoms with Crippen LogP contribution in [0, 0.1) is 0 Å². The van der Waals surface area contributed by atoms with Crippen molar-refractivity contribution in [2.75, 3.05) is 19.7 Å². The van der Waals surface area contributed by atoms with Gasteiger partial charge in [-0.05, 0) is 47.2 Å². The van der Waals surface area contributed by atoms with E-state index in [1.807, 2.05) is 36.4 Å². The Morgan fingerprint density at radius 1 is 0.967 bits per heavy atom. The lowest BCUT2D eigenvalue weighted by Crippen LogP contribution is -2.36. The van der Waals surface area contributed by atoms with Crippen molar-refractivity contribution in [1.29, 1.82) is 0 Å². The molecule has 0 atom stereocenters. The largest absolute Gasteiger partial charge is 0.484 e. The highest BCUT2D eigenvalue weighted by Crippen LogP contribution is 2.23. The zero-order valence-corrected chi connectivity index (χ0v) is 19.0. The lowest BCUT2D eigenvalue weighted by atomic mass is 9.87. The number of benzene rings is 2. The van der Waals surface area contributed by atoms with Crippen molar-refractivity contribution < 1.29 is 17.9 Å². The van der Waals surface area contributed by atoms with E-state index in [0.717, 1.165) is 18.4 Å². The molecule has 0 unspecified atom stereocenters. The van der Waals surface area contributed by atoms with E-state index >= 15 is 0 Å². The maximum absolute atomic E-state index is 12.4. The number of aryl methyl sites for hydroxylation is 1. The second-order valence-corrected chi connectivity index (χ2v) is 9.97. The van der Waals surface area contributed by atoms with Gasteiger partial charge in [0.1, 0.15) is 5.75 Å². The number of ether oxygens (including phenoxy) is 1. The zero-order valence-electron chi connectivity index (χ0n) is 18.2. The summed E-state index contributed by atoms with van der Waals surface area (Å²) in [4.78, 5) is 12.1. The Bertz CT molecular complexity index is 915. The predicted molar refractivity (Wildman–Crippen MR) is 119 cm³/mol. The van der Waals surface area contributed by atoms with Gasteiger partial charge in [0.15, 0.2) is 6.61 Å². The van der Waals surface area contributed by atoms with Crippen LogP contribution in [0.2, 0.25) is 0 Å². The highest BCUT2D eigenvalue weighted by Gasteiger charge is 2.17. The van der Waals surface area contributed by atoms with E-state index in [-0.39, 0.29) is 35.9 Å². The Kier molecular flexibility index (Phi) is 8.43. The molecular formula is C23H32N2O4S. The summed E-state index contributed by atoms with van der Waals surface area (Å²) in [5.74, 6) is 0.325. The third-order valence-corrected chi connectivity index (χ3v) is 6.08. The second kappa shape index (κ2) is 10.6. The molecule has 2 aromatic carbocycles. The quantitative estimate of drug-likeness (QED) is 0.564. The van der Waals surface area contributed by atoms with Crippen LogP contribution in [-0.2, 0) is 26.7 Å². The van der Waals surface area contributed by atoms with Crippen LogP contribution in [-0.4, -0.2) is 34.0 Å². The monoisotopic (exact) mass is 432 g/mol. The lowest BCUT2D eigenvalue weighted by molar-refractivity contribution is -0.123. The molecule has 6 nitrogen and oxygen atoms in total. The zero-order chi connectivity index (χ0) is 22.2. The smallest absolute Gasteiger partial charge is 0.257 e. The van der Waals surface area contributed by atoms with Gasteiger partial charge < -0.3 is 10.1 Å². The van der Waals surface area contributed by atoms with E-state index in [2.05, 4.69) is 37.7 Å². The van der Waals surface area contributed by atoms with Gasteiger partial charge in [0, 0.05) is 13.1 Å². The molecule has 0 saturated carbocycles. The summed E-state index contributed by atoms with van der Waals surface area (Å²) in [6, 6.07) is 14.5. The first-order chi connectivity index (χ1) is 14.1. The molecule has 0 saturated heterocycles. The molecule has 0 fully saturated rings. The van der Waals surface area contributed by atoms with Crippen molar-refractivity contribution in [2.24, 2.45) is 0 Å². The summed E-state index contributed by atoms with van der Waals surface area (Å²) in [7, 11) is -3.62. The van der Waals surface area contributed by atoms with Gasteiger partial charge in [0.2, 0.25) is 10.0 Å². The normalized spacial score (nSPS) is 11.9. The first kappa shape index (κ1) is 23.9. The molecule has 0 spiro atoms. The van der Waals surface area contributed by atoms with Crippen LogP contribution in [0.4, 0.5) is 0 Å². The first-order valence-electron chi connectivity index (χ1n) is 10.2. The second-order valence-electron chi connectivity index (χ2n) is 8.20. The van der Waals surface area contributed by atoms with Gasteiger partial charge in [0.25, 0.3) is 5.91 Å². The summed E-state index contributed by atoms with van der Waals surface area (Å²) >= 11 is 0. The fourth-order valence-corrected chi connectivity index (χ4v) is 3.88. The van der Waals surface area contributed by atoms with Crippen LogP contribution in [0.25, 0.3) is 0 Å². The number of amides is 1. The summed E-state index contributed by atoms with van der Waals surface area (Å²) < 4.78 is 32.7. The third kappa shape index (κ3) is 7.46. The minimum absolute atomic E-state index is 0.0420. The van der Waals surface area contributed by atoms with Crippen LogP contribution in [0.3, 0.4) is 0 Å². The van der Waals surface area contributed by atoms with Gasteiger partial charge in [-0.15, -0.1) is 0 Å². The van der Waals surface area contributed by atoms with Crippen molar-refractivity contribution in [3.8, 4) is 5.75 Å². The molecule has 2 rings (SSSR count). The van der Waals surface area contributed by atoms with Crippen LogP contribution in [0.1, 0.15) is 45.2 Å². The summed E-state index contributed by atoms with van der Waals surface area (Å²) in [6.45, 7) is 8.50. The maximum Gasteiger partial charge on any atom is 0.257 e. The highest BCUT2D eigenvalue weighted by molar-refractivity contribution is 7.89. The van der Waals surface area contributed by atoms with Crippen molar-refractivity contribution in [3.63, 3.8) is 0 Å². The van der Waals surface area contributed by atoms with E-state index < -0.39 is 10.0 Å². The van der Waals surface area contributed by atoms with Gasteiger partial charge in [-0.3, -0.25) is 4.79 Å². The SMILES string of the molecule is CCCc1ccc(OCC(=O)NCCNS(=O)(=O)c2ccc(C(C)(C)C)cc2)cc1. The Morgan fingerprint density at radius 3 is 2.17 bits per heavy atom. The third-order valence-electron chi connectivity index (χ3n) is 4.60. The number of sulfonamides is 1. The molecule has 0 aliphatic rings. The molecule has 0 aromatic heterocycles. The van der Waals surface area contributed by atoms with Crippen molar-refractivity contribution in [2.45, 2.75) is 50.8 Å². The molecule has 0 bridgehead atoms. The Labute approximate surface area is 180 Å². The molecule has 2 N–H and O–H groups in total. The fourth-order valence-electron chi connectivity index (χ4n) is 2.85. The van der Waals surface area contributed by atoms with Crippen molar-refractivity contribution in [1.82, 2.24) is 10.0 Å². The van der Waals surface area contributed by atoms with E-state index in [9.17, 15) is 13.2 Å².